The summed E-state index contributed by atoms with van der Waals surface area (Å²) >= 11 is 18.3. The number of carbonyl (C=O) groups excluding carboxylic acids is 1. The molecule has 6 nitrogen and oxygen atoms in total. The largest absolute Gasteiger partial charge is 0.482 e. The van der Waals surface area contributed by atoms with Gasteiger partial charge in [-0.15, -0.1) is 0 Å². The Morgan fingerprint density at radius 1 is 0.969 bits per heavy atom. The highest BCUT2D eigenvalue weighted by Gasteiger charge is 2.31. The van der Waals surface area contributed by atoms with Crippen LogP contribution in [0.2, 0.25) is 15.1 Å². The molecule has 3 aromatic carbocycles. The molecule has 1 aliphatic rings. The Morgan fingerprint density at radius 2 is 1.69 bits per heavy atom. The molecule has 0 spiro atoms. The van der Waals surface area contributed by atoms with Crippen molar-refractivity contribution in [3.63, 3.8) is 0 Å². The summed E-state index contributed by atoms with van der Waals surface area (Å²) in [5, 5.41) is 3.24. The predicted molar refractivity (Wildman–Crippen MR) is 127 cm³/mol. The number of benzene rings is 3. The van der Waals surface area contributed by atoms with E-state index in [-0.39, 0.29) is 28.0 Å². The topological polar surface area (TPSA) is 75.7 Å². The molecule has 32 heavy (non-hydrogen) atoms. The fourth-order valence-corrected chi connectivity index (χ4v) is 5.70. The van der Waals surface area contributed by atoms with Crippen molar-refractivity contribution in [2.24, 2.45) is 0 Å². The van der Waals surface area contributed by atoms with E-state index in [1.54, 1.807) is 30.3 Å². The highest BCUT2D eigenvalue weighted by atomic mass is 35.5. The van der Waals surface area contributed by atoms with Crippen LogP contribution in [-0.4, -0.2) is 27.5 Å². The second kappa shape index (κ2) is 9.19. The summed E-state index contributed by atoms with van der Waals surface area (Å²) in [4.78, 5) is 12.3. The van der Waals surface area contributed by atoms with Crippen molar-refractivity contribution in [1.82, 2.24) is 0 Å². The molecular weight excluding hydrogens is 495 g/mol. The number of para-hydroxylation sites is 2. The van der Waals surface area contributed by atoms with Crippen LogP contribution >= 0.6 is 34.8 Å². The third-order valence-corrected chi connectivity index (χ3v) is 7.66. The van der Waals surface area contributed by atoms with E-state index in [9.17, 15) is 13.2 Å². The van der Waals surface area contributed by atoms with Gasteiger partial charge in [0.25, 0.3) is 15.9 Å². The van der Waals surface area contributed by atoms with Gasteiger partial charge in [0, 0.05) is 6.54 Å². The Morgan fingerprint density at radius 3 is 2.41 bits per heavy atom. The average Bonchev–Trinajstić information content (AvgIpc) is 3.20. The summed E-state index contributed by atoms with van der Waals surface area (Å²) in [5.41, 5.74) is 1.92. The number of fused-ring (bicyclic) bond motifs is 1. The number of halogens is 3. The van der Waals surface area contributed by atoms with E-state index in [1.165, 1.54) is 22.5 Å². The number of hydrogen-bond acceptors (Lipinski definition) is 4. The Balaban J connectivity index is 1.46. The van der Waals surface area contributed by atoms with Crippen LogP contribution in [0.25, 0.3) is 0 Å². The molecule has 0 aliphatic carbocycles. The zero-order valence-corrected chi connectivity index (χ0v) is 19.6. The molecule has 1 heterocycles. The van der Waals surface area contributed by atoms with E-state index in [0.717, 1.165) is 5.56 Å². The van der Waals surface area contributed by atoms with E-state index < -0.39 is 15.9 Å². The van der Waals surface area contributed by atoms with Crippen LogP contribution in [0.5, 0.6) is 5.75 Å². The molecule has 166 valence electrons. The van der Waals surface area contributed by atoms with Crippen LogP contribution in [0.4, 0.5) is 11.4 Å². The van der Waals surface area contributed by atoms with E-state index in [4.69, 9.17) is 39.5 Å². The third-order valence-electron chi connectivity index (χ3n) is 4.92. The summed E-state index contributed by atoms with van der Waals surface area (Å²) in [5.74, 6) is -0.325. The molecule has 0 atom stereocenters. The van der Waals surface area contributed by atoms with Crippen LogP contribution in [0, 0.1) is 0 Å². The minimum atomic E-state index is -3.79. The number of amides is 1. The normalized spacial score (nSPS) is 13.0. The third kappa shape index (κ3) is 4.52. The summed E-state index contributed by atoms with van der Waals surface area (Å²) in [6, 6.07) is 16.4. The molecule has 10 heteroatoms. The number of rotatable bonds is 6. The van der Waals surface area contributed by atoms with Crippen molar-refractivity contribution in [2.75, 3.05) is 22.8 Å². The molecule has 1 N–H and O–H groups in total. The van der Waals surface area contributed by atoms with Crippen LogP contribution in [0.15, 0.2) is 65.6 Å². The van der Waals surface area contributed by atoms with Gasteiger partial charge in [-0.2, -0.15) is 0 Å². The van der Waals surface area contributed by atoms with E-state index >= 15 is 0 Å². The molecule has 4 rings (SSSR count). The molecule has 0 fully saturated rings. The Hall–Kier alpha value is -2.45. The van der Waals surface area contributed by atoms with Crippen molar-refractivity contribution < 1.29 is 17.9 Å². The molecule has 0 aromatic heterocycles. The number of sulfonamides is 1. The van der Waals surface area contributed by atoms with Crippen molar-refractivity contribution in [3.05, 3.63) is 81.3 Å². The number of nitrogens with zero attached hydrogens (tertiary/aromatic N) is 1. The first-order valence-electron chi connectivity index (χ1n) is 9.54. The second-order valence-electron chi connectivity index (χ2n) is 6.98. The quantitative estimate of drug-likeness (QED) is 0.480. The van der Waals surface area contributed by atoms with Gasteiger partial charge in [-0.05, 0) is 48.4 Å². The molecular formula is C22H17Cl3N2O4S. The standard InChI is InChI=1S/C22H17Cl3N2O4S/c23-16-5-3-6-17(24)22(16)26-21(28)13-31-20-9-8-15(12-18(20)25)32(29,30)27-11-10-14-4-1-2-7-19(14)27/h1-9,12H,10-11,13H2,(H,26,28). The monoisotopic (exact) mass is 510 g/mol. The lowest BCUT2D eigenvalue weighted by molar-refractivity contribution is -0.118. The fraction of sp³-hybridized carbons (Fsp3) is 0.136. The lowest BCUT2D eigenvalue weighted by Crippen LogP contribution is -2.29. The van der Waals surface area contributed by atoms with Crippen molar-refractivity contribution in [3.8, 4) is 5.75 Å². The van der Waals surface area contributed by atoms with Crippen LogP contribution in [0.1, 0.15) is 5.56 Å². The summed E-state index contributed by atoms with van der Waals surface area (Å²) < 4.78 is 33.1. The zero-order chi connectivity index (χ0) is 22.9. The lowest BCUT2D eigenvalue weighted by Gasteiger charge is -2.20. The van der Waals surface area contributed by atoms with Crippen LogP contribution in [-0.2, 0) is 21.2 Å². The number of hydrogen-bond donors (Lipinski definition) is 1. The van der Waals surface area contributed by atoms with Crippen molar-refractivity contribution in [1.29, 1.82) is 0 Å². The number of nitrogens with one attached hydrogen (secondary N) is 1. The fourth-order valence-electron chi connectivity index (χ4n) is 3.38. The average molecular weight is 512 g/mol. The van der Waals surface area contributed by atoms with Crippen molar-refractivity contribution >= 4 is 62.1 Å². The molecule has 3 aromatic rings. The minimum absolute atomic E-state index is 0.0406. The number of anilines is 2. The van der Waals surface area contributed by atoms with Gasteiger partial charge in [-0.3, -0.25) is 9.10 Å². The van der Waals surface area contributed by atoms with E-state index in [0.29, 0.717) is 28.7 Å². The Bertz CT molecular complexity index is 1280. The minimum Gasteiger partial charge on any atom is -0.482 e. The van der Waals surface area contributed by atoms with Gasteiger partial charge < -0.3 is 10.1 Å². The SMILES string of the molecule is O=C(COc1ccc(S(=O)(=O)N2CCc3ccccc32)cc1Cl)Nc1c(Cl)cccc1Cl. The van der Waals surface area contributed by atoms with Gasteiger partial charge in [-0.1, -0.05) is 59.1 Å². The van der Waals surface area contributed by atoms with Gasteiger partial charge in [0.1, 0.15) is 5.75 Å². The summed E-state index contributed by atoms with van der Waals surface area (Å²) in [6.45, 7) is -0.00477. The smallest absolute Gasteiger partial charge is 0.264 e. The maximum absolute atomic E-state index is 13.1. The summed E-state index contributed by atoms with van der Waals surface area (Å²) in [6.07, 6.45) is 0.648. The maximum atomic E-state index is 13.1. The first-order chi connectivity index (χ1) is 15.3. The van der Waals surface area contributed by atoms with Crippen LogP contribution < -0.4 is 14.4 Å². The van der Waals surface area contributed by atoms with Gasteiger partial charge in [-0.25, -0.2) is 8.42 Å². The Kier molecular flexibility index (Phi) is 6.53. The highest BCUT2D eigenvalue weighted by Crippen LogP contribution is 2.35. The first kappa shape index (κ1) is 22.7. The number of ether oxygens (including phenoxy) is 1. The molecule has 0 bridgehead atoms. The molecule has 1 amide bonds. The van der Waals surface area contributed by atoms with E-state index in [1.807, 2.05) is 12.1 Å². The van der Waals surface area contributed by atoms with Gasteiger partial charge in [0.15, 0.2) is 6.61 Å². The van der Waals surface area contributed by atoms with Gasteiger partial charge >= 0.3 is 0 Å². The summed E-state index contributed by atoms with van der Waals surface area (Å²) in [7, 11) is -3.79. The maximum Gasteiger partial charge on any atom is 0.264 e. The van der Waals surface area contributed by atoms with Crippen molar-refractivity contribution in [2.45, 2.75) is 11.3 Å². The predicted octanol–water partition coefficient (Wildman–Crippen LogP) is 5.42. The molecule has 0 saturated heterocycles. The van der Waals surface area contributed by atoms with Crippen LogP contribution in [0.3, 0.4) is 0 Å². The lowest BCUT2D eigenvalue weighted by atomic mass is 10.2. The van der Waals surface area contributed by atoms with Gasteiger partial charge in [0.05, 0.1) is 31.3 Å². The number of carbonyl (C=O) groups is 1. The van der Waals surface area contributed by atoms with Gasteiger partial charge in [0.2, 0.25) is 0 Å². The highest BCUT2D eigenvalue weighted by molar-refractivity contribution is 7.92. The Labute approximate surface area is 200 Å². The van der Waals surface area contributed by atoms with E-state index in [2.05, 4.69) is 5.32 Å². The molecule has 0 saturated carbocycles. The molecule has 1 aliphatic heterocycles. The first-order valence-corrected chi connectivity index (χ1v) is 12.1. The molecule has 0 radical (unpaired) electrons. The molecule has 0 unspecified atom stereocenters. The second-order valence-corrected chi connectivity index (χ2v) is 10.1. The zero-order valence-electron chi connectivity index (χ0n) is 16.5.